The zero-order chi connectivity index (χ0) is 25.1. The lowest BCUT2D eigenvalue weighted by molar-refractivity contribution is -0.246. The summed E-state index contributed by atoms with van der Waals surface area (Å²) in [5, 5.41) is 18.2. The Morgan fingerprint density at radius 1 is 1.18 bits per heavy atom. The van der Waals surface area contributed by atoms with Gasteiger partial charge in [-0.25, -0.2) is 0 Å². The Labute approximate surface area is 204 Å². The van der Waals surface area contributed by atoms with E-state index in [4.69, 9.17) is 4.52 Å². The molecular weight excluding hydrogens is 422 g/mol. The van der Waals surface area contributed by atoms with E-state index in [9.17, 15) is 9.90 Å². The third kappa shape index (κ3) is 3.76. The van der Waals surface area contributed by atoms with Gasteiger partial charge in [0.05, 0.1) is 11.3 Å². The predicted molar refractivity (Wildman–Crippen MR) is 135 cm³/mol. The maximum atomic E-state index is 14.1. The number of fused-ring (bicyclic) bond motifs is 2. The van der Waals surface area contributed by atoms with Crippen LogP contribution < -0.4 is 5.11 Å². The number of hydrogen-bond acceptors (Lipinski definition) is 4. The van der Waals surface area contributed by atoms with Gasteiger partial charge in [-0.05, 0) is 105 Å². The zero-order valence-electron chi connectivity index (χ0n) is 22.2. The molecule has 0 radical (unpaired) electrons. The van der Waals surface area contributed by atoms with Crippen LogP contribution in [0.1, 0.15) is 117 Å². The number of aryl methyl sites for hydroxylation is 2. The van der Waals surface area contributed by atoms with Gasteiger partial charge in [0, 0.05) is 5.92 Å². The maximum Gasteiger partial charge on any atom is 0.165 e. The fraction of sp³-hybridized carbons (Fsp3) is 0.533. The summed E-state index contributed by atoms with van der Waals surface area (Å²) < 4.78 is 5.73. The molecule has 0 N–H and O–H groups in total. The minimum absolute atomic E-state index is 0.00467. The molecule has 0 spiro atoms. The second kappa shape index (κ2) is 8.55. The molecule has 34 heavy (non-hydrogen) atoms. The number of nitrogens with zero attached hydrogens (tertiary/aromatic N) is 1. The van der Waals surface area contributed by atoms with Crippen LogP contribution in [0.5, 0.6) is 0 Å². The van der Waals surface area contributed by atoms with Gasteiger partial charge in [-0.15, -0.1) is 0 Å². The van der Waals surface area contributed by atoms with Crippen molar-refractivity contribution in [1.82, 2.24) is 5.16 Å². The van der Waals surface area contributed by atoms with Crippen molar-refractivity contribution in [3.8, 4) is 0 Å². The molecule has 2 aliphatic carbocycles. The molecule has 2 aliphatic rings. The first-order valence-electron chi connectivity index (χ1n) is 12.6. The lowest BCUT2D eigenvalue weighted by Gasteiger charge is -2.44. The third-order valence-corrected chi connectivity index (χ3v) is 8.46. The first-order chi connectivity index (χ1) is 15.9. The summed E-state index contributed by atoms with van der Waals surface area (Å²) in [7, 11) is 0. The highest BCUT2D eigenvalue weighted by Crippen LogP contribution is 2.55. The molecule has 1 aromatic heterocycles. The van der Waals surface area contributed by atoms with Crippen molar-refractivity contribution >= 4 is 11.5 Å². The van der Waals surface area contributed by atoms with Crippen LogP contribution in [0.2, 0.25) is 0 Å². The molecule has 0 aliphatic heterocycles. The Morgan fingerprint density at radius 2 is 1.85 bits per heavy atom. The van der Waals surface area contributed by atoms with E-state index < -0.39 is 0 Å². The molecule has 4 rings (SSSR count). The van der Waals surface area contributed by atoms with Crippen LogP contribution in [-0.4, -0.2) is 10.9 Å². The summed E-state index contributed by atoms with van der Waals surface area (Å²) in [6.07, 6.45) is 2.61. The van der Waals surface area contributed by atoms with Crippen molar-refractivity contribution in [2.24, 2.45) is 11.3 Å². The van der Waals surface area contributed by atoms with Gasteiger partial charge in [-0.3, -0.25) is 4.79 Å². The standard InChI is InChI=1S/C30H39NO3/c1-15(2)23-11-10-16(3)25-24(23)14-30(9)13-22(12-17(4)18(5)27(30)28(25)33)19(6)29-26(21(8)32)20(7)31-34-29/h10-11,15,19,22,33H,12-14H2,1-9H3/p-1. The minimum atomic E-state index is -0.270. The summed E-state index contributed by atoms with van der Waals surface area (Å²) in [5.74, 6) is 1.51. The number of allylic oxidation sites excluding steroid dienone is 3. The van der Waals surface area contributed by atoms with Crippen LogP contribution >= 0.6 is 0 Å². The quantitative estimate of drug-likeness (QED) is 0.471. The van der Waals surface area contributed by atoms with Crippen LogP contribution in [0.15, 0.2) is 33.4 Å². The average molecular weight is 461 g/mol. The largest absolute Gasteiger partial charge is 0.872 e. The van der Waals surface area contributed by atoms with Crippen LogP contribution in [-0.2, 0) is 6.42 Å². The van der Waals surface area contributed by atoms with Gasteiger partial charge >= 0.3 is 0 Å². The Balaban J connectivity index is 1.87. The molecule has 4 heteroatoms. The topological polar surface area (TPSA) is 66.2 Å². The predicted octanol–water partition coefficient (Wildman–Crippen LogP) is 6.80. The van der Waals surface area contributed by atoms with Crippen molar-refractivity contribution in [1.29, 1.82) is 0 Å². The molecule has 3 atom stereocenters. The van der Waals surface area contributed by atoms with Gasteiger partial charge < -0.3 is 9.63 Å². The molecule has 3 unspecified atom stereocenters. The van der Waals surface area contributed by atoms with E-state index in [2.05, 4.69) is 65.8 Å². The molecule has 1 aromatic carbocycles. The number of benzene rings is 1. The van der Waals surface area contributed by atoms with Gasteiger partial charge in [0.2, 0.25) is 0 Å². The molecule has 0 fully saturated rings. The highest BCUT2D eigenvalue weighted by Gasteiger charge is 2.43. The summed E-state index contributed by atoms with van der Waals surface area (Å²) >= 11 is 0. The minimum Gasteiger partial charge on any atom is -0.872 e. The van der Waals surface area contributed by atoms with Gasteiger partial charge in [0.25, 0.3) is 0 Å². The smallest absolute Gasteiger partial charge is 0.165 e. The lowest BCUT2D eigenvalue weighted by atomic mass is 9.63. The highest BCUT2D eigenvalue weighted by molar-refractivity contribution is 5.96. The molecule has 0 bridgehead atoms. The van der Waals surface area contributed by atoms with Crippen LogP contribution in [0.4, 0.5) is 0 Å². The van der Waals surface area contributed by atoms with Gasteiger partial charge in [0.1, 0.15) is 0 Å². The number of hydrogen-bond donors (Lipinski definition) is 0. The van der Waals surface area contributed by atoms with Crippen molar-refractivity contribution in [2.75, 3.05) is 0 Å². The second-order valence-electron chi connectivity index (χ2n) is 11.3. The van der Waals surface area contributed by atoms with Gasteiger partial charge in [-0.1, -0.05) is 56.3 Å². The van der Waals surface area contributed by atoms with Gasteiger partial charge in [0.15, 0.2) is 11.5 Å². The first-order valence-corrected chi connectivity index (χ1v) is 12.6. The Bertz CT molecular complexity index is 1230. The normalized spacial score (nSPS) is 23.6. The zero-order valence-corrected chi connectivity index (χ0v) is 22.2. The Kier molecular flexibility index (Phi) is 6.16. The Morgan fingerprint density at radius 3 is 2.47 bits per heavy atom. The van der Waals surface area contributed by atoms with E-state index in [0.29, 0.717) is 22.9 Å². The maximum absolute atomic E-state index is 14.1. The van der Waals surface area contributed by atoms with E-state index in [0.717, 1.165) is 41.5 Å². The number of carbonyl (C=O) groups is 1. The highest BCUT2D eigenvalue weighted by atomic mass is 16.5. The first kappa shape index (κ1) is 24.5. The fourth-order valence-corrected chi connectivity index (χ4v) is 6.61. The van der Waals surface area contributed by atoms with Crippen LogP contribution in [0.3, 0.4) is 0 Å². The molecule has 0 saturated carbocycles. The second-order valence-corrected chi connectivity index (χ2v) is 11.3. The number of carbonyl (C=O) groups excluding carboxylic acids is 1. The fourth-order valence-electron chi connectivity index (χ4n) is 6.61. The van der Waals surface area contributed by atoms with E-state index in [1.54, 1.807) is 6.92 Å². The monoisotopic (exact) mass is 460 g/mol. The number of rotatable bonds is 4. The summed E-state index contributed by atoms with van der Waals surface area (Å²) in [6.45, 7) is 18.6. The number of Topliss-reactive ketones (excluding diaryl/α,β-unsaturated/α-hetero) is 1. The molecule has 182 valence electrons. The van der Waals surface area contributed by atoms with Crippen LogP contribution in [0, 0.1) is 25.2 Å². The van der Waals surface area contributed by atoms with Crippen molar-refractivity contribution in [2.45, 2.75) is 93.4 Å². The molecule has 4 nitrogen and oxygen atoms in total. The van der Waals surface area contributed by atoms with Crippen molar-refractivity contribution in [3.63, 3.8) is 0 Å². The lowest BCUT2D eigenvalue weighted by Crippen LogP contribution is -2.34. The molecule has 2 aromatic rings. The van der Waals surface area contributed by atoms with Crippen molar-refractivity contribution in [3.05, 3.63) is 68.1 Å². The van der Waals surface area contributed by atoms with E-state index >= 15 is 0 Å². The van der Waals surface area contributed by atoms with E-state index in [-0.39, 0.29) is 28.8 Å². The molecule has 1 heterocycles. The summed E-state index contributed by atoms with van der Waals surface area (Å²) in [4.78, 5) is 12.4. The number of aromatic nitrogens is 1. The molecule has 0 amide bonds. The van der Waals surface area contributed by atoms with Crippen LogP contribution in [0.25, 0.3) is 5.76 Å². The third-order valence-electron chi connectivity index (χ3n) is 8.46. The summed E-state index contributed by atoms with van der Waals surface area (Å²) in [5.41, 5.74) is 8.88. The summed E-state index contributed by atoms with van der Waals surface area (Å²) in [6, 6.07) is 4.32. The van der Waals surface area contributed by atoms with Crippen molar-refractivity contribution < 1.29 is 14.4 Å². The van der Waals surface area contributed by atoms with E-state index in [1.165, 1.54) is 16.7 Å². The number of ketones is 1. The van der Waals surface area contributed by atoms with E-state index in [1.807, 2.05) is 6.92 Å². The Hall–Kier alpha value is -2.62. The SMILES string of the molecule is CC(=O)c1c(C)noc1C(C)C1CC(C)=C(C)C2=C([O-])c3c(C)ccc(C(C)C)c3CC2(C)C1. The molecule has 0 saturated heterocycles. The average Bonchev–Trinajstić information content (AvgIpc) is 3.09. The molecular formula is C30H38NO3-. The van der Waals surface area contributed by atoms with Gasteiger partial charge in [-0.2, -0.15) is 0 Å².